The van der Waals surface area contributed by atoms with Crippen molar-refractivity contribution in [3.8, 4) is 0 Å². The predicted octanol–water partition coefficient (Wildman–Crippen LogP) is 3.11. The Morgan fingerprint density at radius 1 is 1.00 bits per heavy atom. The zero-order valence-corrected chi connectivity index (χ0v) is 16.2. The van der Waals surface area contributed by atoms with Gasteiger partial charge in [-0.15, -0.1) is 0 Å². The van der Waals surface area contributed by atoms with Crippen LogP contribution in [0.3, 0.4) is 0 Å². The summed E-state index contributed by atoms with van der Waals surface area (Å²) in [5.41, 5.74) is 2.89. The number of urea groups is 1. The van der Waals surface area contributed by atoms with Crippen molar-refractivity contribution in [3.63, 3.8) is 0 Å². The topological polar surface area (TPSA) is 72.5 Å². The molecule has 0 unspecified atom stereocenters. The summed E-state index contributed by atoms with van der Waals surface area (Å²) in [6.07, 6.45) is 1.64. The highest BCUT2D eigenvalue weighted by Gasteiger charge is 2.14. The Morgan fingerprint density at radius 3 is 2.26 bits per heavy atom. The smallest absolute Gasteiger partial charge is 0.319 e. The van der Waals surface area contributed by atoms with E-state index in [0.717, 1.165) is 37.7 Å². The maximum atomic E-state index is 11.7. The lowest BCUT2D eigenvalue weighted by atomic mass is 10.2. The molecule has 7 heteroatoms. The number of benzene rings is 1. The van der Waals surface area contributed by atoms with Gasteiger partial charge in [0.25, 0.3) is 0 Å². The number of likely N-dealkylation sites (N-methyl/N-ethyl adjacent to an activating group) is 1. The van der Waals surface area contributed by atoms with Gasteiger partial charge in [0.2, 0.25) is 0 Å². The van der Waals surface area contributed by atoms with Crippen molar-refractivity contribution in [1.29, 1.82) is 0 Å². The number of amides is 2. The van der Waals surface area contributed by atoms with Gasteiger partial charge < -0.3 is 25.8 Å². The molecule has 1 aromatic heterocycles. The molecule has 2 amide bonds. The molecule has 0 saturated carbocycles. The molecule has 2 heterocycles. The van der Waals surface area contributed by atoms with Crippen molar-refractivity contribution < 1.29 is 4.79 Å². The zero-order valence-electron chi connectivity index (χ0n) is 16.2. The number of nitrogens with zero attached hydrogens (tertiary/aromatic N) is 3. The fourth-order valence-corrected chi connectivity index (χ4v) is 2.94. The van der Waals surface area contributed by atoms with Crippen LogP contribution >= 0.6 is 0 Å². The lowest BCUT2D eigenvalue weighted by Crippen LogP contribution is -2.44. The predicted molar refractivity (Wildman–Crippen MR) is 111 cm³/mol. The van der Waals surface area contributed by atoms with Gasteiger partial charge in [0.15, 0.2) is 0 Å². The number of nitrogens with one attached hydrogen (secondary N) is 3. The molecule has 0 spiro atoms. The summed E-state index contributed by atoms with van der Waals surface area (Å²) >= 11 is 0. The molecule has 1 fully saturated rings. The Hall–Kier alpha value is -2.80. The number of anilines is 4. The van der Waals surface area contributed by atoms with E-state index < -0.39 is 0 Å². The van der Waals surface area contributed by atoms with Crippen molar-refractivity contribution >= 4 is 28.9 Å². The highest BCUT2D eigenvalue weighted by Crippen LogP contribution is 2.21. The van der Waals surface area contributed by atoms with Gasteiger partial charge >= 0.3 is 6.03 Å². The monoisotopic (exact) mass is 368 g/mol. The van der Waals surface area contributed by atoms with Gasteiger partial charge in [-0.25, -0.2) is 9.78 Å². The molecule has 1 aromatic carbocycles. The highest BCUT2D eigenvalue weighted by molar-refractivity contribution is 5.89. The van der Waals surface area contributed by atoms with E-state index >= 15 is 0 Å². The normalized spacial score (nSPS) is 14.9. The van der Waals surface area contributed by atoms with Crippen molar-refractivity contribution in [2.24, 2.45) is 0 Å². The van der Waals surface area contributed by atoms with Crippen LogP contribution in [0.15, 0.2) is 42.6 Å². The van der Waals surface area contributed by atoms with Crippen LogP contribution in [0, 0.1) is 0 Å². The van der Waals surface area contributed by atoms with Gasteiger partial charge in [0.1, 0.15) is 5.82 Å². The second-order valence-electron chi connectivity index (χ2n) is 7.15. The van der Waals surface area contributed by atoms with E-state index in [1.54, 1.807) is 6.20 Å². The van der Waals surface area contributed by atoms with Gasteiger partial charge in [0.05, 0.1) is 11.9 Å². The number of hydrogen-bond acceptors (Lipinski definition) is 5. The first-order valence-electron chi connectivity index (χ1n) is 9.34. The van der Waals surface area contributed by atoms with Gasteiger partial charge in [0, 0.05) is 43.6 Å². The van der Waals surface area contributed by atoms with Crippen LogP contribution < -0.4 is 20.9 Å². The molecular formula is C20H28N6O. The third-order valence-corrected chi connectivity index (χ3v) is 4.45. The first-order chi connectivity index (χ1) is 13.0. The fourth-order valence-electron chi connectivity index (χ4n) is 2.94. The van der Waals surface area contributed by atoms with Crippen molar-refractivity contribution in [2.45, 2.75) is 19.9 Å². The lowest BCUT2D eigenvalue weighted by molar-refractivity contribution is 0.250. The maximum Gasteiger partial charge on any atom is 0.319 e. The number of carbonyl (C=O) groups is 1. The molecule has 0 radical (unpaired) electrons. The average Bonchev–Trinajstić information content (AvgIpc) is 2.64. The standard InChI is InChI=1S/C20H28N6O/c1-15(2)22-20(27)24-17-6-9-19(21-14-17)23-16-4-7-18(8-5-16)26-12-10-25(3)11-13-26/h4-9,14-15H,10-13H2,1-3H3,(H,21,23)(H2,22,24,27). The minimum absolute atomic E-state index is 0.0905. The van der Waals surface area contributed by atoms with Gasteiger partial charge in [-0.1, -0.05) is 0 Å². The Morgan fingerprint density at radius 2 is 1.67 bits per heavy atom. The first kappa shape index (κ1) is 19.0. The molecule has 0 atom stereocenters. The van der Waals surface area contributed by atoms with Crippen LogP contribution in [-0.4, -0.2) is 55.2 Å². The third-order valence-electron chi connectivity index (χ3n) is 4.45. The van der Waals surface area contributed by atoms with Crippen LogP contribution in [0.5, 0.6) is 0 Å². The molecule has 0 aliphatic carbocycles. The Labute approximate surface area is 160 Å². The van der Waals surface area contributed by atoms with E-state index in [-0.39, 0.29) is 12.1 Å². The minimum atomic E-state index is -0.230. The Bertz CT molecular complexity index is 736. The van der Waals surface area contributed by atoms with Crippen LogP contribution in [0.1, 0.15) is 13.8 Å². The van der Waals surface area contributed by atoms with Gasteiger partial charge in [-0.2, -0.15) is 0 Å². The summed E-state index contributed by atoms with van der Waals surface area (Å²) in [6.45, 7) is 8.14. The summed E-state index contributed by atoms with van der Waals surface area (Å²) in [5.74, 6) is 0.733. The second-order valence-corrected chi connectivity index (χ2v) is 7.15. The number of carbonyl (C=O) groups excluding carboxylic acids is 1. The van der Waals surface area contributed by atoms with Gasteiger partial charge in [-0.3, -0.25) is 0 Å². The third kappa shape index (κ3) is 5.59. The largest absolute Gasteiger partial charge is 0.369 e. The molecule has 27 heavy (non-hydrogen) atoms. The van der Waals surface area contributed by atoms with Crippen LogP contribution in [-0.2, 0) is 0 Å². The van der Waals surface area contributed by atoms with Crippen molar-refractivity contribution in [1.82, 2.24) is 15.2 Å². The van der Waals surface area contributed by atoms with Crippen LogP contribution in [0.4, 0.5) is 27.7 Å². The van der Waals surface area contributed by atoms with E-state index in [1.165, 1.54) is 5.69 Å². The number of aromatic nitrogens is 1. The van der Waals surface area contributed by atoms with Crippen molar-refractivity contribution in [3.05, 3.63) is 42.6 Å². The number of pyridine rings is 1. The van der Waals surface area contributed by atoms with Gasteiger partial charge in [-0.05, 0) is 57.3 Å². The highest BCUT2D eigenvalue weighted by atomic mass is 16.2. The maximum absolute atomic E-state index is 11.7. The summed E-state index contributed by atoms with van der Waals surface area (Å²) in [7, 11) is 2.16. The number of rotatable bonds is 5. The summed E-state index contributed by atoms with van der Waals surface area (Å²) in [5, 5.41) is 8.83. The number of hydrogen-bond donors (Lipinski definition) is 3. The number of piperazine rings is 1. The van der Waals surface area contributed by atoms with Crippen LogP contribution in [0.25, 0.3) is 0 Å². The van der Waals surface area contributed by atoms with E-state index in [4.69, 9.17) is 0 Å². The van der Waals surface area contributed by atoms with E-state index in [9.17, 15) is 4.79 Å². The molecule has 144 valence electrons. The first-order valence-corrected chi connectivity index (χ1v) is 9.34. The van der Waals surface area contributed by atoms with E-state index in [0.29, 0.717) is 5.69 Å². The summed E-state index contributed by atoms with van der Waals surface area (Å²) in [4.78, 5) is 20.8. The molecule has 3 rings (SSSR count). The Kier molecular flexibility index (Phi) is 6.13. The molecule has 2 aromatic rings. The quantitative estimate of drug-likeness (QED) is 0.756. The molecule has 1 saturated heterocycles. The molecule has 1 aliphatic heterocycles. The molecule has 1 aliphatic rings. The minimum Gasteiger partial charge on any atom is -0.369 e. The zero-order chi connectivity index (χ0) is 19.2. The SMILES string of the molecule is CC(C)NC(=O)Nc1ccc(Nc2ccc(N3CCN(C)CC3)cc2)nc1. The fraction of sp³-hybridized carbons (Fsp3) is 0.400. The molecule has 7 nitrogen and oxygen atoms in total. The molecule has 3 N–H and O–H groups in total. The average molecular weight is 368 g/mol. The molecule has 0 bridgehead atoms. The Balaban J connectivity index is 1.55. The van der Waals surface area contributed by atoms with Crippen LogP contribution in [0.2, 0.25) is 0 Å². The van der Waals surface area contributed by atoms with Crippen molar-refractivity contribution in [2.75, 3.05) is 48.8 Å². The van der Waals surface area contributed by atoms with E-state index in [2.05, 4.69) is 62.0 Å². The molecular weight excluding hydrogens is 340 g/mol. The van der Waals surface area contributed by atoms with E-state index in [1.807, 2.05) is 26.0 Å². The second kappa shape index (κ2) is 8.73. The summed E-state index contributed by atoms with van der Waals surface area (Å²) in [6, 6.07) is 11.9. The summed E-state index contributed by atoms with van der Waals surface area (Å²) < 4.78 is 0. The lowest BCUT2D eigenvalue weighted by Gasteiger charge is -2.34.